The summed E-state index contributed by atoms with van der Waals surface area (Å²) in [7, 11) is 0. The highest BCUT2D eigenvalue weighted by atomic mass is 79.9. The van der Waals surface area contributed by atoms with Crippen molar-refractivity contribution >= 4 is 21.7 Å². The Bertz CT molecular complexity index is 427. The van der Waals surface area contributed by atoms with Gasteiger partial charge in [0.25, 0.3) is 0 Å². The van der Waals surface area contributed by atoms with Crippen molar-refractivity contribution in [2.45, 2.75) is 12.6 Å². The third-order valence-electron chi connectivity index (χ3n) is 1.79. The van der Waals surface area contributed by atoms with E-state index in [2.05, 4.69) is 15.9 Å². The van der Waals surface area contributed by atoms with Crippen LogP contribution in [0.4, 0.5) is 22.0 Å². The number of carbonyl (C=O) groups is 1. The zero-order valence-corrected chi connectivity index (χ0v) is 9.12. The molecule has 0 amide bonds. The molecule has 0 saturated heterocycles. The third kappa shape index (κ3) is 2.78. The van der Waals surface area contributed by atoms with E-state index in [0.717, 1.165) is 12.1 Å². The molecule has 0 aromatic heterocycles. The van der Waals surface area contributed by atoms with Crippen molar-refractivity contribution in [3.63, 3.8) is 0 Å². The minimum absolute atomic E-state index is 0.195. The van der Waals surface area contributed by atoms with Crippen LogP contribution in [-0.4, -0.2) is 12.0 Å². The van der Waals surface area contributed by atoms with E-state index in [1.165, 1.54) is 0 Å². The molecule has 1 aromatic carbocycles. The molecule has 88 valence electrons. The first-order valence-electron chi connectivity index (χ1n) is 3.96. The quantitative estimate of drug-likeness (QED) is 0.604. The minimum Gasteiger partial charge on any atom is -0.289 e. The van der Waals surface area contributed by atoms with Gasteiger partial charge in [-0.1, -0.05) is 0 Å². The molecular weight excluding hydrogens is 299 g/mol. The molecule has 1 nitrogen and oxygen atoms in total. The number of hydrogen-bond donors (Lipinski definition) is 0. The highest BCUT2D eigenvalue weighted by molar-refractivity contribution is 9.10. The zero-order valence-electron chi connectivity index (χ0n) is 7.54. The van der Waals surface area contributed by atoms with Gasteiger partial charge in [0.05, 0.1) is 4.47 Å². The summed E-state index contributed by atoms with van der Waals surface area (Å²) in [5, 5.41) is 0. The van der Waals surface area contributed by atoms with Crippen LogP contribution < -0.4 is 0 Å². The van der Waals surface area contributed by atoms with Crippen molar-refractivity contribution in [2.24, 2.45) is 0 Å². The lowest BCUT2D eigenvalue weighted by atomic mass is 10.1. The van der Waals surface area contributed by atoms with Gasteiger partial charge in [0.2, 0.25) is 5.78 Å². The molecule has 1 aromatic rings. The first-order chi connectivity index (χ1) is 7.23. The molecule has 0 N–H and O–H groups in total. The number of ketones is 1. The van der Waals surface area contributed by atoms with Crippen LogP contribution in [0.25, 0.3) is 0 Å². The Morgan fingerprint density at radius 1 is 1.25 bits per heavy atom. The van der Waals surface area contributed by atoms with E-state index in [4.69, 9.17) is 0 Å². The van der Waals surface area contributed by atoms with E-state index in [0.29, 0.717) is 0 Å². The SMILES string of the molecule is O=C(Cc1c(F)ccc(Br)c1F)C(F)(F)F. The maximum atomic E-state index is 13.2. The van der Waals surface area contributed by atoms with Crippen molar-refractivity contribution in [2.75, 3.05) is 0 Å². The summed E-state index contributed by atoms with van der Waals surface area (Å²) in [4.78, 5) is 10.6. The minimum atomic E-state index is -5.10. The first-order valence-corrected chi connectivity index (χ1v) is 4.75. The summed E-state index contributed by atoms with van der Waals surface area (Å²) in [6, 6.07) is 1.79. The molecule has 0 spiro atoms. The number of halogens is 6. The summed E-state index contributed by atoms with van der Waals surface area (Å²) in [6.45, 7) is 0. The van der Waals surface area contributed by atoms with Crippen molar-refractivity contribution in [1.29, 1.82) is 0 Å². The summed E-state index contributed by atoms with van der Waals surface area (Å²) in [5.74, 6) is -4.57. The van der Waals surface area contributed by atoms with Crippen LogP contribution in [0, 0.1) is 11.6 Å². The van der Waals surface area contributed by atoms with Crippen LogP contribution in [0.15, 0.2) is 16.6 Å². The predicted octanol–water partition coefficient (Wildman–Crippen LogP) is 3.40. The number of Topliss-reactive ketones (excluding diaryl/α,β-unsaturated/α-hetero) is 1. The standard InChI is InChI=1S/C9H4BrF5O/c10-5-1-2-6(11)4(8(5)12)3-7(16)9(13,14)15/h1-2H,3H2. The molecular formula is C9H4BrF5O. The topological polar surface area (TPSA) is 17.1 Å². The van der Waals surface area contributed by atoms with E-state index in [-0.39, 0.29) is 4.47 Å². The lowest BCUT2D eigenvalue weighted by Crippen LogP contribution is -2.25. The number of hydrogen-bond acceptors (Lipinski definition) is 1. The lowest BCUT2D eigenvalue weighted by molar-refractivity contribution is -0.170. The van der Waals surface area contributed by atoms with Gasteiger partial charge in [-0.25, -0.2) is 8.78 Å². The van der Waals surface area contributed by atoms with E-state index < -0.39 is 35.6 Å². The molecule has 0 aliphatic carbocycles. The second kappa shape index (κ2) is 4.48. The van der Waals surface area contributed by atoms with Crippen molar-refractivity contribution in [3.05, 3.63) is 33.8 Å². The highest BCUT2D eigenvalue weighted by Gasteiger charge is 2.38. The Balaban J connectivity index is 3.07. The largest absolute Gasteiger partial charge is 0.450 e. The highest BCUT2D eigenvalue weighted by Crippen LogP contribution is 2.25. The predicted molar refractivity (Wildman–Crippen MR) is 48.8 cm³/mol. The van der Waals surface area contributed by atoms with Gasteiger partial charge in [0, 0.05) is 12.0 Å². The average Bonchev–Trinajstić information content (AvgIpc) is 2.17. The molecule has 0 unspecified atom stereocenters. The van der Waals surface area contributed by atoms with Gasteiger partial charge in [-0.2, -0.15) is 13.2 Å². The molecule has 16 heavy (non-hydrogen) atoms. The van der Waals surface area contributed by atoms with Crippen molar-refractivity contribution < 1.29 is 26.7 Å². The third-order valence-corrected chi connectivity index (χ3v) is 2.40. The summed E-state index contributed by atoms with van der Waals surface area (Å²) < 4.78 is 61.7. The van der Waals surface area contributed by atoms with E-state index in [1.54, 1.807) is 0 Å². The van der Waals surface area contributed by atoms with Crippen LogP contribution in [0.2, 0.25) is 0 Å². The first kappa shape index (κ1) is 13.1. The molecule has 0 saturated carbocycles. The smallest absolute Gasteiger partial charge is 0.289 e. The molecule has 0 fully saturated rings. The molecule has 0 aliphatic heterocycles. The summed E-state index contributed by atoms with van der Waals surface area (Å²) >= 11 is 2.69. The van der Waals surface area contributed by atoms with E-state index in [1.807, 2.05) is 0 Å². The Labute approximate surface area is 95.4 Å². The van der Waals surface area contributed by atoms with Crippen LogP contribution in [-0.2, 0) is 11.2 Å². The molecule has 0 radical (unpaired) electrons. The second-order valence-electron chi connectivity index (χ2n) is 2.92. The molecule has 0 aliphatic rings. The number of alkyl halides is 3. The van der Waals surface area contributed by atoms with Gasteiger partial charge in [-0.3, -0.25) is 4.79 Å². The Hall–Kier alpha value is -0.980. The lowest BCUT2D eigenvalue weighted by Gasteiger charge is -2.07. The van der Waals surface area contributed by atoms with E-state index >= 15 is 0 Å². The van der Waals surface area contributed by atoms with Gasteiger partial charge in [0.1, 0.15) is 11.6 Å². The fraction of sp³-hybridized carbons (Fsp3) is 0.222. The fourth-order valence-corrected chi connectivity index (χ4v) is 1.36. The van der Waals surface area contributed by atoms with Gasteiger partial charge in [-0.05, 0) is 28.1 Å². The fourth-order valence-electron chi connectivity index (χ4n) is 0.992. The molecule has 1 rings (SSSR count). The van der Waals surface area contributed by atoms with Crippen molar-refractivity contribution in [1.82, 2.24) is 0 Å². The number of benzene rings is 1. The maximum absolute atomic E-state index is 13.2. The summed E-state index contributed by atoms with van der Waals surface area (Å²) in [5.41, 5.74) is -0.892. The average molecular weight is 303 g/mol. The molecule has 0 bridgehead atoms. The van der Waals surface area contributed by atoms with Crippen LogP contribution in [0.1, 0.15) is 5.56 Å². The summed E-state index contributed by atoms with van der Waals surface area (Å²) in [6.07, 6.45) is -6.44. The van der Waals surface area contributed by atoms with Gasteiger partial charge >= 0.3 is 6.18 Å². The Morgan fingerprint density at radius 3 is 2.31 bits per heavy atom. The molecule has 7 heteroatoms. The normalized spacial score (nSPS) is 11.6. The molecule has 0 atom stereocenters. The van der Waals surface area contributed by atoms with Crippen LogP contribution in [0.3, 0.4) is 0 Å². The van der Waals surface area contributed by atoms with Gasteiger partial charge in [-0.15, -0.1) is 0 Å². The number of rotatable bonds is 2. The Morgan fingerprint density at radius 2 is 1.81 bits per heavy atom. The van der Waals surface area contributed by atoms with Gasteiger partial charge < -0.3 is 0 Å². The monoisotopic (exact) mass is 302 g/mol. The van der Waals surface area contributed by atoms with Crippen molar-refractivity contribution in [3.8, 4) is 0 Å². The molecule has 0 heterocycles. The van der Waals surface area contributed by atoms with Gasteiger partial charge in [0.15, 0.2) is 0 Å². The van der Waals surface area contributed by atoms with E-state index in [9.17, 15) is 26.7 Å². The van der Waals surface area contributed by atoms with Crippen LogP contribution in [0.5, 0.6) is 0 Å². The van der Waals surface area contributed by atoms with Crippen LogP contribution >= 0.6 is 15.9 Å². The zero-order chi connectivity index (χ0) is 12.5. The Kier molecular flexibility index (Phi) is 3.67. The number of carbonyl (C=O) groups excluding carboxylic acids is 1. The maximum Gasteiger partial charge on any atom is 0.450 e. The second-order valence-corrected chi connectivity index (χ2v) is 3.77.